The summed E-state index contributed by atoms with van der Waals surface area (Å²) in [6.45, 7) is 11.5. The lowest BCUT2D eigenvalue weighted by molar-refractivity contribution is 0.141. The van der Waals surface area contributed by atoms with Crippen molar-refractivity contribution in [2.75, 3.05) is 19.6 Å². The lowest BCUT2D eigenvalue weighted by atomic mass is 9.70. The Bertz CT molecular complexity index is 646. The first-order chi connectivity index (χ1) is 14.9. The minimum atomic E-state index is 0.527. The van der Waals surface area contributed by atoms with E-state index in [9.17, 15) is 0 Å². The van der Waals surface area contributed by atoms with Crippen molar-refractivity contribution in [3.05, 3.63) is 35.9 Å². The first-order valence-corrected chi connectivity index (χ1v) is 13.5. The fourth-order valence-electron chi connectivity index (χ4n) is 7.26. The van der Waals surface area contributed by atoms with Crippen LogP contribution in [0.5, 0.6) is 0 Å². The molecule has 1 aromatic carbocycles. The van der Waals surface area contributed by atoms with Gasteiger partial charge in [0.2, 0.25) is 0 Å². The van der Waals surface area contributed by atoms with Crippen LogP contribution in [0.25, 0.3) is 0 Å². The molecule has 1 saturated heterocycles. The maximum absolute atomic E-state index is 4.10. The van der Waals surface area contributed by atoms with E-state index in [0.29, 0.717) is 5.41 Å². The molecule has 31 heavy (non-hydrogen) atoms. The van der Waals surface area contributed by atoms with Gasteiger partial charge in [-0.15, -0.1) is 0 Å². The highest BCUT2D eigenvalue weighted by Crippen LogP contribution is 2.39. The molecule has 0 spiro atoms. The lowest BCUT2D eigenvalue weighted by Gasteiger charge is -2.40. The zero-order valence-electron chi connectivity index (χ0n) is 20.6. The molecule has 0 aromatic heterocycles. The summed E-state index contributed by atoms with van der Waals surface area (Å²) in [6, 6.07) is 12.6. The Morgan fingerprint density at radius 3 is 2.42 bits per heavy atom. The van der Waals surface area contributed by atoms with Gasteiger partial charge in [0.25, 0.3) is 0 Å². The standard InChI is InChI=1S/C29H48N2/c1-23-18-28(21-29(2,3)20-23)30-27-13-12-26(19-27)22-31-16-14-25(15-17-31)11-7-10-24-8-5-4-6-9-24/h4-6,8-9,23,25-28,30H,7,10-22H2,1-3H3/t23?,26-,27?,28?/m1/s1. The summed E-state index contributed by atoms with van der Waals surface area (Å²) < 4.78 is 0. The number of piperidine rings is 1. The van der Waals surface area contributed by atoms with Crippen molar-refractivity contribution in [1.82, 2.24) is 10.2 Å². The summed E-state index contributed by atoms with van der Waals surface area (Å²) in [5, 5.41) is 4.10. The molecule has 1 N–H and O–H groups in total. The van der Waals surface area contributed by atoms with E-state index in [2.05, 4.69) is 61.3 Å². The van der Waals surface area contributed by atoms with Gasteiger partial charge in [0, 0.05) is 18.6 Å². The SMILES string of the molecule is CC1CC(NC2CC[C@@H](CN3CCC(CCCc4ccccc4)CC3)C2)CC(C)(C)C1. The van der Waals surface area contributed by atoms with Crippen LogP contribution >= 0.6 is 0 Å². The van der Waals surface area contributed by atoms with Crippen molar-refractivity contribution in [1.29, 1.82) is 0 Å². The van der Waals surface area contributed by atoms with Gasteiger partial charge in [0.15, 0.2) is 0 Å². The van der Waals surface area contributed by atoms with E-state index in [0.717, 1.165) is 29.8 Å². The second-order valence-corrected chi connectivity index (χ2v) is 12.3. The van der Waals surface area contributed by atoms with E-state index in [1.165, 1.54) is 95.8 Å². The molecule has 2 nitrogen and oxygen atoms in total. The largest absolute Gasteiger partial charge is 0.311 e. The van der Waals surface area contributed by atoms with Crippen LogP contribution in [0.1, 0.15) is 90.5 Å². The Labute approximate surface area is 192 Å². The van der Waals surface area contributed by atoms with Crippen LogP contribution in [-0.2, 0) is 6.42 Å². The molecule has 3 unspecified atom stereocenters. The van der Waals surface area contributed by atoms with Gasteiger partial charge in [-0.2, -0.15) is 0 Å². The van der Waals surface area contributed by atoms with Crippen LogP contribution < -0.4 is 5.32 Å². The number of likely N-dealkylation sites (tertiary alicyclic amines) is 1. The van der Waals surface area contributed by atoms with Crippen molar-refractivity contribution in [2.45, 2.75) is 103 Å². The normalized spacial score (nSPS) is 32.4. The minimum Gasteiger partial charge on any atom is -0.311 e. The monoisotopic (exact) mass is 424 g/mol. The van der Waals surface area contributed by atoms with Crippen LogP contribution in [-0.4, -0.2) is 36.6 Å². The Morgan fingerprint density at radius 1 is 0.903 bits per heavy atom. The predicted octanol–water partition coefficient (Wildman–Crippen LogP) is 6.69. The van der Waals surface area contributed by atoms with Crippen LogP contribution in [0.2, 0.25) is 0 Å². The van der Waals surface area contributed by atoms with Crippen LogP contribution in [0.15, 0.2) is 30.3 Å². The van der Waals surface area contributed by atoms with Gasteiger partial charge in [-0.1, -0.05) is 57.5 Å². The smallest absolute Gasteiger partial charge is 0.00772 e. The van der Waals surface area contributed by atoms with Crippen molar-refractivity contribution in [3.8, 4) is 0 Å². The molecule has 2 saturated carbocycles. The molecular weight excluding hydrogens is 376 g/mol. The number of hydrogen-bond donors (Lipinski definition) is 1. The molecule has 4 rings (SSSR count). The molecule has 4 atom stereocenters. The summed E-state index contributed by atoms with van der Waals surface area (Å²) in [5.41, 5.74) is 2.04. The third-order valence-electron chi connectivity index (χ3n) is 8.54. The van der Waals surface area contributed by atoms with Gasteiger partial charge in [0.05, 0.1) is 0 Å². The van der Waals surface area contributed by atoms with Crippen LogP contribution in [0, 0.1) is 23.2 Å². The highest BCUT2D eigenvalue weighted by Gasteiger charge is 2.35. The summed E-state index contributed by atoms with van der Waals surface area (Å²) >= 11 is 0. The molecule has 1 aromatic rings. The van der Waals surface area contributed by atoms with Crippen LogP contribution in [0.4, 0.5) is 0 Å². The van der Waals surface area contributed by atoms with E-state index in [4.69, 9.17) is 0 Å². The Balaban J connectivity index is 1.11. The fourth-order valence-corrected chi connectivity index (χ4v) is 7.26. The van der Waals surface area contributed by atoms with Crippen molar-refractivity contribution in [2.24, 2.45) is 23.2 Å². The molecule has 174 valence electrons. The maximum atomic E-state index is 4.10. The topological polar surface area (TPSA) is 15.3 Å². The van der Waals surface area contributed by atoms with Crippen LogP contribution in [0.3, 0.4) is 0 Å². The molecule has 0 radical (unpaired) electrons. The lowest BCUT2D eigenvalue weighted by Crippen LogP contribution is -2.44. The third-order valence-corrected chi connectivity index (χ3v) is 8.54. The van der Waals surface area contributed by atoms with Gasteiger partial charge < -0.3 is 10.2 Å². The predicted molar refractivity (Wildman–Crippen MR) is 133 cm³/mol. The number of nitrogens with one attached hydrogen (secondary N) is 1. The van der Waals surface area contributed by atoms with Gasteiger partial charge in [-0.05, 0) is 106 Å². The molecule has 1 aliphatic heterocycles. The number of rotatable bonds is 8. The Hall–Kier alpha value is -0.860. The van der Waals surface area contributed by atoms with E-state index < -0.39 is 0 Å². The summed E-state index contributed by atoms with van der Waals surface area (Å²) in [6.07, 6.45) is 15.3. The Kier molecular flexibility index (Phi) is 8.15. The first-order valence-electron chi connectivity index (χ1n) is 13.5. The number of benzene rings is 1. The molecule has 1 heterocycles. The zero-order valence-corrected chi connectivity index (χ0v) is 20.6. The highest BCUT2D eigenvalue weighted by molar-refractivity contribution is 5.14. The van der Waals surface area contributed by atoms with Gasteiger partial charge in [-0.25, -0.2) is 0 Å². The van der Waals surface area contributed by atoms with Crippen molar-refractivity contribution in [3.63, 3.8) is 0 Å². The summed E-state index contributed by atoms with van der Waals surface area (Å²) in [4.78, 5) is 2.80. The molecule has 2 heteroatoms. The zero-order chi connectivity index (χ0) is 21.7. The third kappa shape index (κ3) is 7.32. The molecule has 3 fully saturated rings. The number of aryl methyl sites for hydroxylation is 1. The summed E-state index contributed by atoms with van der Waals surface area (Å²) in [7, 11) is 0. The second kappa shape index (κ2) is 10.8. The van der Waals surface area contributed by atoms with E-state index >= 15 is 0 Å². The molecule has 2 aliphatic carbocycles. The van der Waals surface area contributed by atoms with Gasteiger partial charge in [-0.3, -0.25) is 0 Å². The highest BCUT2D eigenvalue weighted by atomic mass is 15.1. The number of nitrogens with zero attached hydrogens (tertiary/aromatic N) is 1. The quantitative estimate of drug-likeness (QED) is 0.500. The second-order valence-electron chi connectivity index (χ2n) is 12.3. The average Bonchev–Trinajstić information content (AvgIpc) is 3.15. The average molecular weight is 425 g/mol. The van der Waals surface area contributed by atoms with E-state index in [1.807, 2.05) is 0 Å². The van der Waals surface area contributed by atoms with E-state index in [-0.39, 0.29) is 0 Å². The molecular formula is C29H48N2. The van der Waals surface area contributed by atoms with E-state index in [1.54, 1.807) is 0 Å². The fraction of sp³-hybridized carbons (Fsp3) is 0.793. The minimum absolute atomic E-state index is 0.527. The molecule has 0 bridgehead atoms. The van der Waals surface area contributed by atoms with Crippen molar-refractivity contribution >= 4 is 0 Å². The maximum Gasteiger partial charge on any atom is 0.00772 e. The van der Waals surface area contributed by atoms with Gasteiger partial charge >= 0.3 is 0 Å². The number of hydrogen-bond acceptors (Lipinski definition) is 2. The molecule has 0 amide bonds. The first kappa shape index (κ1) is 23.3. The van der Waals surface area contributed by atoms with Gasteiger partial charge in [0.1, 0.15) is 0 Å². The molecule has 3 aliphatic rings. The van der Waals surface area contributed by atoms with Crippen molar-refractivity contribution < 1.29 is 0 Å². The summed E-state index contributed by atoms with van der Waals surface area (Å²) in [5.74, 6) is 2.78. The Morgan fingerprint density at radius 2 is 1.68 bits per heavy atom.